The number of hydrogen-bond donors (Lipinski definition) is 1. The van der Waals surface area contributed by atoms with Crippen molar-refractivity contribution >= 4 is 17.7 Å². The highest BCUT2D eigenvalue weighted by Gasteiger charge is 2.37. The maximum absolute atomic E-state index is 12.4. The predicted molar refractivity (Wildman–Crippen MR) is 88.1 cm³/mol. The summed E-state index contributed by atoms with van der Waals surface area (Å²) in [5.74, 6) is 1.83. The molecule has 0 spiro atoms. The Hall–Kier alpha value is -1.04. The number of aromatic nitrogens is 3. The van der Waals surface area contributed by atoms with Gasteiger partial charge in [0, 0.05) is 17.5 Å². The maximum Gasteiger partial charge on any atom is 0.233 e. The van der Waals surface area contributed by atoms with Crippen molar-refractivity contribution in [2.45, 2.75) is 87.7 Å². The van der Waals surface area contributed by atoms with Crippen LogP contribution in [0.4, 0.5) is 0 Å². The van der Waals surface area contributed by atoms with Gasteiger partial charge in [-0.05, 0) is 52.9 Å². The molecule has 5 nitrogen and oxygen atoms in total. The fourth-order valence-corrected chi connectivity index (χ4v) is 3.33. The summed E-state index contributed by atoms with van der Waals surface area (Å²) in [6, 6.07) is 0.565. The molecule has 6 heteroatoms. The molecule has 122 valence electrons. The van der Waals surface area contributed by atoms with E-state index in [-0.39, 0.29) is 16.7 Å². The van der Waals surface area contributed by atoms with Crippen LogP contribution >= 0.6 is 11.8 Å². The lowest BCUT2D eigenvalue weighted by atomic mass is 10.0. The molecule has 1 atom stereocenters. The van der Waals surface area contributed by atoms with Gasteiger partial charge in [-0.1, -0.05) is 18.7 Å². The van der Waals surface area contributed by atoms with Gasteiger partial charge < -0.3 is 9.88 Å². The van der Waals surface area contributed by atoms with Gasteiger partial charge in [0.15, 0.2) is 5.16 Å². The first kappa shape index (κ1) is 15.8. The number of nitrogens with zero attached hydrogens (tertiary/aromatic N) is 3. The summed E-state index contributed by atoms with van der Waals surface area (Å²) in [4.78, 5) is 12.4. The van der Waals surface area contributed by atoms with E-state index in [0.29, 0.717) is 12.0 Å². The average molecular weight is 322 g/mol. The lowest BCUT2D eigenvalue weighted by Crippen LogP contribution is -2.46. The first-order valence-corrected chi connectivity index (χ1v) is 9.22. The molecular formula is C16H26N4OS. The summed E-state index contributed by atoms with van der Waals surface area (Å²) in [6.45, 7) is 8.15. The maximum atomic E-state index is 12.4. The Kier molecular flexibility index (Phi) is 4.23. The first-order valence-electron chi connectivity index (χ1n) is 8.34. The van der Waals surface area contributed by atoms with Crippen molar-refractivity contribution < 1.29 is 4.79 Å². The summed E-state index contributed by atoms with van der Waals surface area (Å²) >= 11 is 1.54. The summed E-state index contributed by atoms with van der Waals surface area (Å²) < 4.78 is 2.30. The van der Waals surface area contributed by atoms with Gasteiger partial charge in [0.05, 0.1) is 5.25 Å². The first-order chi connectivity index (χ1) is 10.4. The number of carbonyl (C=O) groups is 1. The molecule has 3 rings (SSSR count). The highest BCUT2D eigenvalue weighted by Crippen LogP contribution is 2.46. The van der Waals surface area contributed by atoms with Gasteiger partial charge in [0.2, 0.25) is 5.91 Å². The Morgan fingerprint density at radius 2 is 2.05 bits per heavy atom. The van der Waals surface area contributed by atoms with Crippen molar-refractivity contribution in [3.63, 3.8) is 0 Å². The monoisotopic (exact) mass is 322 g/mol. The Labute approximate surface area is 136 Å². The molecule has 1 amide bonds. The van der Waals surface area contributed by atoms with E-state index < -0.39 is 0 Å². The molecule has 1 heterocycles. The third-order valence-electron chi connectivity index (χ3n) is 4.54. The fourth-order valence-electron chi connectivity index (χ4n) is 2.40. The normalized spacial score (nSPS) is 20.0. The fraction of sp³-hybridized carbons (Fsp3) is 0.812. The molecule has 0 aliphatic heterocycles. The topological polar surface area (TPSA) is 59.8 Å². The van der Waals surface area contributed by atoms with Gasteiger partial charge in [-0.25, -0.2) is 0 Å². The minimum atomic E-state index is -0.157. The third-order valence-corrected chi connectivity index (χ3v) is 5.60. The van der Waals surface area contributed by atoms with E-state index in [1.54, 1.807) is 11.8 Å². The Morgan fingerprint density at radius 1 is 1.36 bits per heavy atom. The summed E-state index contributed by atoms with van der Waals surface area (Å²) in [5.41, 5.74) is -0.157. The Bertz CT molecular complexity index is 560. The van der Waals surface area contributed by atoms with Crippen LogP contribution in [0.3, 0.4) is 0 Å². The Morgan fingerprint density at radius 3 is 2.59 bits per heavy atom. The van der Waals surface area contributed by atoms with Crippen molar-refractivity contribution in [1.29, 1.82) is 0 Å². The van der Waals surface area contributed by atoms with Crippen molar-refractivity contribution in [3.05, 3.63) is 5.82 Å². The minimum Gasteiger partial charge on any atom is -0.350 e. The zero-order chi connectivity index (χ0) is 15.9. The molecule has 1 aromatic heterocycles. The molecule has 2 aliphatic rings. The quantitative estimate of drug-likeness (QED) is 0.783. The van der Waals surface area contributed by atoms with E-state index >= 15 is 0 Å². The second-order valence-corrected chi connectivity index (χ2v) is 8.51. The van der Waals surface area contributed by atoms with Crippen LogP contribution in [0, 0.1) is 0 Å². The number of amides is 1. The second-order valence-electron chi connectivity index (χ2n) is 7.20. The van der Waals surface area contributed by atoms with Gasteiger partial charge >= 0.3 is 0 Å². The van der Waals surface area contributed by atoms with Crippen molar-refractivity contribution in [1.82, 2.24) is 20.1 Å². The van der Waals surface area contributed by atoms with E-state index in [2.05, 4.69) is 40.9 Å². The lowest BCUT2D eigenvalue weighted by Gasteiger charge is -2.26. The zero-order valence-corrected chi connectivity index (χ0v) is 14.7. The van der Waals surface area contributed by atoms with E-state index in [1.807, 2.05) is 6.92 Å². The zero-order valence-electron chi connectivity index (χ0n) is 13.9. The van der Waals surface area contributed by atoms with Crippen LogP contribution in [0.25, 0.3) is 0 Å². The van der Waals surface area contributed by atoms with Crippen molar-refractivity contribution in [2.24, 2.45) is 0 Å². The lowest BCUT2D eigenvalue weighted by molar-refractivity contribution is -0.121. The summed E-state index contributed by atoms with van der Waals surface area (Å²) in [5, 5.41) is 12.7. The number of thioether (sulfide) groups is 1. The van der Waals surface area contributed by atoms with Gasteiger partial charge in [-0.15, -0.1) is 10.2 Å². The van der Waals surface area contributed by atoms with Crippen molar-refractivity contribution in [3.8, 4) is 0 Å². The van der Waals surface area contributed by atoms with Crippen LogP contribution in [0.1, 0.15) is 77.6 Å². The van der Waals surface area contributed by atoms with Crippen LogP contribution in [0.2, 0.25) is 0 Å². The van der Waals surface area contributed by atoms with E-state index in [1.165, 1.54) is 25.7 Å². The Balaban J connectivity index is 1.69. The molecule has 1 aromatic rings. The van der Waals surface area contributed by atoms with E-state index in [4.69, 9.17) is 0 Å². The standard InChI is InChI=1S/C16H26N4OS/c1-5-16(3,4)17-14(21)10(2)22-15-19-18-13(11-6-7-11)20(15)12-8-9-12/h10-12H,5-9H2,1-4H3,(H,17,21). The smallest absolute Gasteiger partial charge is 0.233 e. The number of rotatable bonds is 7. The molecule has 2 fully saturated rings. The van der Waals surface area contributed by atoms with Crippen LogP contribution in [-0.4, -0.2) is 31.5 Å². The predicted octanol–water partition coefficient (Wildman–Crippen LogP) is 3.28. The average Bonchev–Trinajstić information content (AvgIpc) is 3.38. The molecule has 1 unspecified atom stereocenters. The largest absolute Gasteiger partial charge is 0.350 e. The van der Waals surface area contributed by atoms with Crippen molar-refractivity contribution in [2.75, 3.05) is 0 Å². The number of hydrogen-bond acceptors (Lipinski definition) is 4. The summed E-state index contributed by atoms with van der Waals surface area (Å²) in [7, 11) is 0. The van der Waals surface area contributed by atoms with E-state index in [0.717, 1.165) is 17.4 Å². The van der Waals surface area contributed by atoms with Gasteiger partial charge in [0.1, 0.15) is 5.82 Å². The van der Waals surface area contributed by atoms with Crippen LogP contribution in [0.15, 0.2) is 5.16 Å². The molecule has 0 radical (unpaired) electrons. The molecular weight excluding hydrogens is 296 g/mol. The minimum absolute atomic E-state index is 0.0789. The van der Waals surface area contributed by atoms with Crippen LogP contribution < -0.4 is 5.32 Å². The highest BCUT2D eigenvalue weighted by molar-refractivity contribution is 8.00. The summed E-state index contributed by atoms with van der Waals surface area (Å²) in [6.07, 6.45) is 5.82. The van der Waals surface area contributed by atoms with Crippen LogP contribution in [-0.2, 0) is 4.79 Å². The molecule has 1 N–H and O–H groups in total. The van der Waals surface area contributed by atoms with E-state index in [9.17, 15) is 4.79 Å². The van der Waals surface area contributed by atoms with Crippen LogP contribution in [0.5, 0.6) is 0 Å². The third kappa shape index (κ3) is 3.47. The van der Waals surface area contributed by atoms with Gasteiger partial charge in [-0.2, -0.15) is 0 Å². The molecule has 2 aliphatic carbocycles. The molecule has 0 aromatic carbocycles. The number of nitrogens with one attached hydrogen (secondary N) is 1. The SMILES string of the molecule is CCC(C)(C)NC(=O)C(C)Sc1nnc(C2CC2)n1C1CC1. The molecule has 2 saturated carbocycles. The number of carbonyl (C=O) groups excluding carboxylic acids is 1. The van der Waals surface area contributed by atoms with Gasteiger partial charge in [-0.3, -0.25) is 4.79 Å². The molecule has 0 bridgehead atoms. The molecule has 22 heavy (non-hydrogen) atoms. The van der Waals surface area contributed by atoms with Gasteiger partial charge in [0.25, 0.3) is 0 Å². The molecule has 0 saturated heterocycles. The highest BCUT2D eigenvalue weighted by atomic mass is 32.2. The second kappa shape index (κ2) is 5.87.